The summed E-state index contributed by atoms with van der Waals surface area (Å²) in [6.07, 6.45) is 3.58. The number of nitrogens with zero attached hydrogens (tertiary/aromatic N) is 3. The van der Waals surface area contributed by atoms with Crippen LogP contribution in [-0.4, -0.2) is 52.7 Å². The van der Waals surface area contributed by atoms with Crippen molar-refractivity contribution < 1.29 is 13.6 Å². The van der Waals surface area contributed by atoms with Crippen LogP contribution in [0.5, 0.6) is 0 Å². The monoisotopic (exact) mass is 348 g/mol. The van der Waals surface area contributed by atoms with Gasteiger partial charge in [-0.1, -0.05) is 0 Å². The molecule has 0 aliphatic carbocycles. The van der Waals surface area contributed by atoms with Crippen LogP contribution in [-0.2, 0) is 11.3 Å². The predicted octanol–water partition coefficient (Wildman–Crippen LogP) is 2.03. The summed E-state index contributed by atoms with van der Waals surface area (Å²) in [4.78, 5) is 13.7. The van der Waals surface area contributed by atoms with Crippen LogP contribution in [0.15, 0.2) is 12.3 Å². The summed E-state index contributed by atoms with van der Waals surface area (Å²) < 4.78 is 27.9. The van der Waals surface area contributed by atoms with Crippen molar-refractivity contribution in [2.24, 2.45) is 0 Å². The van der Waals surface area contributed by atoms with E-state index in [4.69, 9.17) is 0 Å². The summed E-state index contributed by atoms with van der Waals surface area (Å²) in [5.41, 5.74) is 1.00. The Morgan fingerprint density at radius 2 is 2.13 bits per heavy atom. The summed E-state index contributed by atoms with van der Waals surface area (Å²) in [5.74, 6) is -2.35. The van der Waals surface area contributed by atoms with Crippen molar-refractivity contribution in [1.29, 1.82) is 0 Å². The summed E-state index contributed by atoms with van der Waals surface area (Å²) in [5, 5.41) is 7.83. The second-order valence-corrected chi connectivity index (χ2v) is 6.22. The molecule has 1 amide bonds. The molecule has 2 fully saturated rings. The Labute approximate surface area is 140 Å². The lowest BCUT2D eigenvalue weighted by Gasteiger charge is -2.31. The van der Waals surface area contributed by atoms with E-state index < -0.39 is 5.92 Å². The molecule has 1 aromatic heterocycles. The van der Waals surface area contributed by atoms with Crippen molar-refractivity contribution in [3.05, 3.63) is 18.0 Å². The Kier molecular flexibility index (Phi) is 5.97. The van der Waals surface area contributed by atoms with Gasteiger partial charge in [-0.15, -0.1) is 12.4 Å². The number of carbonyl (C=O) groups is 1. The van der Waals surface area contributed by atoms with Gasteiger partial charge in [-0.05, 0) is 25.5 Å². The average molecular weight is 349 g/mol. The first-order chi connectivity index (χ1) is 10.5. The quantitative estimate of drug-likeness (QED) is 0.909. The first kappa shape index (κ1) is 18.1. The Bertz CT molecular complexity index is 521. The van der Waals surface area contributed by atoms with E-state index in [1.54, 1.807) is 10.9 Å². The smallest absolute Gasteiger partial charge is 0.251 e. The molecule has 1 aromatic rings. The number of piperidine rings is 2. The van der Waals surface area contributed by atoms with Gasteiger partial charge in [0.1, 0.15) is 6.54 Å². The first-order valence-electron chi connectivity index (χ1n) is 7.93. The maximum absolute atomic E-state index is 13.1. The fourth-order valence-corrected chi connectivity index (χ4v) is 3.11. The van der Waals surface area contributed by atoms with Crippen molar-refractivity contribution in [3.8, 4) is 0 Å². The van der Waals surface area contributed by atoms with Gasteiger partial charge in [0, 0.05) is 44.6 Å². The fraction of sp³-hybridized carbons (Fsp3) is 0.733. The van der Waals surface area contributed by atoms with Crippen LogP contribution < -0.4 is 5.32 Å². The SMILES string of the molecule is Cl.O=C(Cn1ccc(C2CCCNC2)n1)N1CCC(F)(F)CC1. The number of aromatic nitrogens is 2. The van der Waals surface area contributed by atoms with Crippen molar-refractivity contribution >= 4 is 18.3 Å². The number of hydrogen-bond donors (Lipinski definition) is 1. The molecule has 3 heterocycles. The molecule has 0 bridgehead atoms. The van der Waals surface area contributed by atoms with Crippen LogP contribution in [0.3, 0.4) is 0 Å². The second kappa shape index (κ2) is 7.57. The molecule has 1 unspecified atom stereocenters. The lowest BCUT2D eigenvalue weighted by molar-refractivity contribution is -0.138. The van der Waals surface area contributed by atoms with Gasteiger partial charge in [0.25, 0.3) is 5.92 Å². The van der Waals surface area contributed by atoms with Gasteiger partial charge in [-0.2, -0.15) is 5.10 Å². The second-order valence-electron chi connectivity index (χ2n) is 6.22. The highest BCUT2D eigenvalue weighted by atomic mass is 35.5. The van der Waals surface area contributed by atoms with Gasteiger partial charge in [0.15, 0.2) is 0 Å². The Hall–Kier alpha value is -1.21. The zero-order valence-corrected chi connectivity index (χ0v) is 13.8. The van der Waals surface area contributed by atoms with Crippen molar-refractivity contribution in [1.82, 2.24) is 20.0 Å². The van der Waals surface area contributed by atoms with E-state index in [1.807, 2.05) is 6.07 Å². The van der Waals surface area contributed by atoms with E-state index in [2.05, 4.69) is 10.4 Å². The van der Waals surface area contributed by atoms with Gasteiger partial charge in [0.05, 0.1) is 5.69 Å². The van der Waals surface area contributed by atoms with Gasteiger partial charge in [-0.3, -0.25) is 9.48 Å². The van der Waals surface area contributed by atoms with E-state index in [1.165, 1.54) is 4.90 Å². The van der Waals surface area contributed by atoms with Crippen LogP contribution in [0.1, 0.15) is 37.3 Å². The number of carbonyl (C=O) groups excluding carboxylic acids is 1. The molecular weight excluding hydrogens is 326 g/mol. The lowest BCUT2D eigenvalue weighted by atomic mass is 9.97. The summed E-state index contributed by atoms with van der Waals surface area (Å²) in [6.45, 7) is 2.37. The molecule has 0 radical (unpaired) electrons. The lowest BCUT2D eigenvalue weighted by Crippen LogP contribution is -2.44. The minimum atomic E-state index is -2.62. The van der Waals surface area contributed by atoms with Gasteiger partial charge in [0.2, 0.25) is 5.91 Å². The molecule has 1 atom stereocenters. The highest BCUT2D eigenvalue weighted by Crippen LogP contribution is 2.27. The third-order valence-corrected chi connectivity index (χ3v) is 4.52. The van der Waals surface area contributed by atoms with E-state index in [0.717, 1.165) is 31.6 Å². The topological polar surface area (TPSA) is 50.2 Å². The van der Waals surface area contributed by atoms with Gasteiger partial charge >= 0.3 is 0 Å². The number of likely N-dealkylation sites (tertiary alicyclic amines) is 1. The number of rotatable bonds is 3. The standard InChI is InChI=1S/C15H22F2N4O.ClH/c16-15(17)4-8-20(9-5-15)14(22)11-21-7-3-13(19-21)12-2-1-6-18-10-12;/h3,7,12,18H,1-2,4-6,8-11H2;1H. The Morgan fingerprint density at radius 1 is 1.39 bits per heavy atom. The third-order valence-electron chi connectivity index (χ3n) is 4.52. The Balaban J connectivity index is 0.00000192. The average Bonchev–Trinajstić information content (AvgIpc) is 2.96. The molecule has 2 aliphatic rings. The van der Waals surface area contributed by atoms with Crippen LogP contribution in [0.25, 0.3) is 0 Å². The molecule has 23 heavy (non-hydrogen) atoms. The van der Waals surface area contributed by atoms with Crippen molar-refractivity contribution in [2.45, 2.75) is 44.1 Å². The first-order valence-corrected chi connectivity index (χ1v) is 7.93. The van der Waals surface area contributed by atoms with Crippen LogP contribution in [0.4, 0.5) is 8.78 Å². The van der Waals surface area contributed by atoms with Gasteiger partial charge < -0.3 is 10.2 Å². The maximum atomic E-state index is 13.1. The van der Waals surface area contributed by atoms with Crippen LogP contribution in [0, 0.1) is 0 Å². The highest BCUT2D eigenvalue weighted by molar-refractivity contribution is 5.85. The number of nitrogens with one attached hydrogen (secondary N) is 1. The molecule has 0 aromatic carbocycles. The molecule has 3 rings (SSSR count). The predicted molar refractivity (Wildman–Crippen MR) is 85.1 cm³/mol. The summed E-state index contributed by atoms with van der Waals surface area (Å²) in [7, 11) is 0. The molecule has 8 heteroatoms. The fourth-order valence-electron chi connectivity index (χ4n) is 3.11. The normalized spacial score (nSPS) is 24.1. The van der Waals surface area contributed by atoms with Crippen molar-refractivity contribution in [2.75, 3.05) is 26.2 Å². The summed E-state index contributed by atoms with van der Waals surface area (Å²) in [6, 6.07) is 1.95. The third kappa shape index (κ3) is 4.64. The number of hydrogen-bond acceptors (Lipinski definition) is 3. The molecule has 2 aliphatic heterocycles. The van der Waals surface area contributed by atoms with Crippen LogP contribution >= 0.6 is 12.4 Å². The molecule has 130 valence electrons. The zero-order valence-electron chi connectivity index (χ0n) is 13.0. The number of halogens is 3. The van der Waals surface area contributed by atoms with E-state index >= 15 is 0 Å². The number of amides is 1. The minimum absolute atomic E-state index is 0. The Morgan fingerprint density at radius 3 is 2.78 bits per heavy atom. The molecule has 0 spiro atoms. The van der Waals surface area contributed by atoms with Crippen LogP contribution in [0.2, 0.25) is 0 Å². The maximum Gasteiger partial charge on any atom is 0.251 e. The molecule has 5 nitrogen and oxygen atoms in total. The zero-order chi connectivity index (χ0) is 15.6. The van der Waals surface area contributed by atoms with E-state index in [-0.39, 0.29) is 50.8 Å². The molecule has 0 saturated carbocycles. The van der Waals surface area contributed by atoms with Gasteiger partial charge in [-0.25, -0.2) is 8.78 Å². The molecular formula is C15H23ClF2N4O. The largest absolute Gasteiger partial charge is 0.341 e. The summed E-state index contributed by atoms with van der Waals surface area (Å²) >= 11 is 0. The minimum Gasteiger partial charge on any atom is -0.341 e. The molecule has 2 saturated heterocycles. The highest BCUT2D eigenvalue weighted by Gasteiger charge is 2.35. The van der Waals surface area contributed by atoms with E-state index in [9.17, 15) is 13.6 Å². The van der Waals surface area contributed by atoms with Crippen molar-refractivity contribution in [3.63, 3.8) is 0 Å². The number of alkyl halides is 2. The van der Waals surface area contributed by atoms with E-state index in [0.29, 0.717) is 5.92 Å². The molecule has 1 N–H and O–H groups in total.